The molecule has 1 rings (SSSR count). The fraction of sp³-hybridized carbons (Fsp3) is 0.533. The highest BCUT2D eigenvalue weighted by molar-refractivity contribution is 6.32. The van der Waals surface area contributed by atoms with Crippen LogP contribution in [-0.4, -0.2) is 44.6 Å². The zero-order valence-electron chi connectivity index (χ0n) is 13.3. The number of rotatable bonds is 9. The molecule has 1 amide bonds. The molecule has 0 heterocycles. The molecule has 1 N–H and O–H groups in total. The number of para-hydroxylation sites is 1. The first kappa shape index (κ1) is 20.5. The third kappa shape index (κ3) is 7.37. The van der Waals surface area contributed by atoms with E-state index in [1.165, 1.54) is 13.0 Å². The Bertz CT molecular complexity index is 540. The van der Waals surface area contributed by atoms with Crippen LogP contribution in [0.15, 0.2) is 18.2 Å². The van der Waals surface area contributed by atoms with E-state index in [2.05, 4.69) is 10.1 Å². The van der Waals surface area contributed by atoms with E-state index >= 15 is 0 Å². The van der Waals surface area contributed by atoms with Crippen molar-refractivity contribution in [1.29, 1.82) is 0 Å². The van der Waals surface area contributed by atoms with Crippen molar-refractivity contribution in [2.75, 3.05) is 31.7 Å². The molecule has 0 aromatic heterocycles. The molecule has 0 saturated heterocycles. The molecule has 5 nitrogen and oxygen atoms in total. The smallest absolute Gasteiger partial charge is 0.411 e. The number of nitrogens with one attached hydrogen (secondary N) is 1. The third-order valence-electron chi connectivity index (χ3n) is 2.77. The van der Waals surface area contributed by atoms with Crippen molar-refractivity contribution >= 4 is 23.2 Å². The van der Waals surface area contributed by atoms with Gasteiger partial charge in [-0.3, -0.25) is 4.79 Å². The van der Waals surface area contributed by atoms with Crippen LogP contribution in [0, 0.1) is 0 Å². The predicted molar refractivity (Wildman–Crippen MR) is 83.5 cm³/mol. The number of hydrogen-bond donors (Lipinski definition) is 1. The highest BCUT2D eigenvalue weighted by atomic mass is 35.5. The van der Waals surface area contributed by atoms with Gasteiger partial charge in [0.1, 0.15) is 19.3 Å². The summed E-state index contributed by atoms with van der Waals surface area (Å²) in [4.78, 5) is 11.9. The first-order chi connectivity index (χ1) is 11.2. The summed E-state index contributed by atoms with van der Waals surface area (Å²) < 4.78 is 51.5. The molecule has 0 aliphatic heterocycles. The molecular weight excluding hydrogens is 351 g/mol. The minimum atomic E-state index is -4.50. The molecule has 0 spiro atoms. The maximum absolute atomic E-state index is 12.1. The van der Waals surface area contributed by atoms with Crippen molar-refractivity contribution in [2.45, 2.75) is 26.1 Å². The molecule has 0 aliphatic carbocycles. The molecule has 0 radical (unpaired) electrons. The number of ether oxygens (including phenoxy) is 3. The van der Waals surface area contributed by atoms with Crippen LogP contribution < -0.4 is 10.1 Å². The van der Waals surface area contributed by atoms with Gasteiger partial charge in [-0.25, -0.2) is 0 Å². The normalized spacial score (nSPS) is 12.8. The minimum Gasteiger partial charge on any atom is -0.487 e. The maximum atomic E-state index is 12.1. The molecule has 0 bridgehead atoms. The highest BCUT2D eigenvalue weighted by Gasteiger charge is 2.30. The summed E-state index contributed by atoms with van der Waals surface area (Å²) >= 11 is 6.03. The molecule has 1 unspecified atom stereocenters. The standard InChI is InChI=1S/C15H19ClF3NO4/c1-3-22-7-8-23-13-11(16)5-4-6-12(13)20-14(21)10(2)24-9-15(17,18)19/h4-6,10H,3,7-9H2,1-2H3,(H,20,21). The summed E-state index contributed by atoms with van der Waals surface area (Å²) in [5, 5.41) is 2.70. The average molecular weight is 370 g/mol. The summed E-state index contributed by atoms with van der Waals surface area (Å²) in [6, 6.07) is 4.67. The van der Waals surface area contributed by atoms with Gasteiger partial charge < -0.3 is 19.5 Å². The summed E-state index contributed by atoms with van der Waals surface area (Å²) in [6.45, 7) is 2.63. The van der Waals surface area contributed by atoms with Crippen LogP contribution in [0.5, 0.6) is 5.75 Å². The van der Waals surface area contributed by atoms with Gasteiger partial charge >= 0.3 is 6.18 Å². The summed E-state index contributed by atoms with van der Waals surface area (Å²) in [6.07, 6.45) is -5.79. The molecular formula is C15H19ClF3NO4. The molecule has 9 heteroatoms. The molecule has 1 aromatic rings. The lowest BCUT2D eigenvalue weighted by Gasteiger charge is -2.17. The summed E-state index contributed by atoms with van der Waals surface area (Å²) in [7, 11) is 0. The first-order valence-corrected chi connectivity index (χ1v) is 7.60. The van der Waals surface area contributed by atoms with Gasteiger partial charge in [-0.05, 0) is 26.0 Å². The fourth-order valence-corrected chi connectivity index (χ4v) is 1.86. The van der Waals surface area contributed by atoms with Crippen molar-refractivity contribution in [3.05, 3.63) is 23.2 Å². The number of carbonyl (C=O) groups excluding carboxylic acids is 1. The average Bonchev–Trinajstić information content (AvgIpc) is 2.50. The molecule has 24 heavy (non-hydrogen) atoms. The van der Waals surface area contributed by atoms with Gasteiger partial charge in [-0.1, -0.05) is 17.7 Å². The predicted octanol–water partition coefficient (Wildman–Crippen LogP) is 3.66. The minimum absolute atomic E-state index is 0.209. The van der Waals surface area contributed by atoms with E-state index in [0.29, 0.717) is 13.2 Å². The lowest BCUT2D eigenvalue weighted by atomic mass is 10.2. The van der Waals surface area contributed by atoms with Crippen molar-refractivity contribution in [3.8, 4) is 5.75 Å². The number of halogens is 4. The molecule has 1 aromatic carbocycles. The van der Waals surface area contributed by atoms with Crippen LogP contribution in [0.2, 0.25) is 5.02 Å². The Morgan fingerprint density at radius 1 is 1.33 bits per heavy atom. The van der Waals surface area contributed by atoms with E-state index in [-0.39, 0.29) is 23.1 Å². The Kier molecular flexibility index (Phi) is 8.30. The summed E-state index contributed by atoms with van der Waals surface area (Å²) in [5.41, 5.74) is 0.242. The Morgan fingerprint density at radius 2 is 2.04 bits per heavy atom. The van der Waals surface area contributed by atoms with Crippen LogP contribution in [0.3, 0.4) is 0 Å². The number of alkyl halides is 3. The molecule has 0 fully saturated rings. The van der Waals surface area contributed by atoms with Crippen molar-refractivity contribution < 1.29 is 32.2 Å². The van der Waals surface area contributed by atoms with E-state index in [1.54, 1.807) is 12.1 Å². The van der Waals surface area contributed by atoms with E-state index in [0.717, 1.165) is 0 Å². The van der Waals surface area contributed by atoms with E-state index in [4.69, 9.17) is 21.1 Å². The van der Waals surface area contributed by atoms with Gasteiger partial charge in [-0.2, -0.15) is 13.2 Å². The number of amides is 1. The largest absolute Gasteiger partial charge is 0.487 e. The molecule has 1 atom stereocenters. The maximum Gasteiger partial charge on any atom is 0.411 e. The number of benzene rings is 1. The molecule has 136 valence electrons. The third-order valence-corrected chi connectivity index (χ3v) is 3.07. The Labute approximate surface area is 143 Å². The van der Waals surface area contributed by atoms with Crippen LogP contribution in [0.4, 0.5) is 18.9 Å². The quantitative estimate of drug-likeness (QED) is 0.675. The van der Waals surface area contributed by atoms with E-state index in [1.807, 2.05) is 6.92 Å². The number of hydrogen-bond acceptors (Lipinski definition) is 4. The van der Waals surface area contributed by atoms with E-state index < -0.39 is 24.8 Å². The lowest BCUT2D eigenvalue weighted by Crippen LogP contribution is -2.31. The van der Waals surface area contributed by atoms with Crippen molar-refractivity contribution in [3.63, 3.8) is 0 Å². The second kappa shape index (κ2) is 9.71. The topological polar surface area (TPSA) is 56.8 Å². The van der Waals surface area contributed by atoms with Crippen molar-refractivity contribution in [2.24, 2.45) is 0 Å². The number of carbonyl (C=O) groups is 1. The van der Waals surface area contributed by atoms with Gasteiger partial charge in [0.25, 0.3) is 5.91 Å². The first-order valence-electron chi connectivity index (χ1n) is 7.23. The Morgan fingerprint density at radius 3 is 2.67 bits per heavy atom. The van der Waals surface area contributed by atoms with Crippen LogP contribution in [-0.2, 0) is 14.3 Å². The van der Waals surface area contributed by atoms with Crippen LogP contribution >= 0.6 is 11.6 Å². The SMILES string of the molecule is CCOCCOc1c(Cl)cccc1NC(=O)C(C)OCC(F)(F)F. The Balaban J connectivity index is 2.68. The van der Waals surface area contributed by atoms with Crippen LogP contribution in [0.1, 0.15) is 13.8 Å². The monoisotopic (exact) mass is 369 g/mol. The summed E-state index contributed by atoms with van der Waals surface area (Å²) in [5.74, 6) is -0.522. The molecule has 0 saturated carbocycles. The molecule has 0 aliphatic rings. The zero-order chi connectivity index (χ0) is 18.2. The second-order valence-electron chi connectivity index (χ2n) is 4.72. The van der Waals surface area contributed by atoms with Gasteiger partial charge in [0.15, 0.2) is 5.75 Å². The lowest BCUT2D eigenvalue weighted by molar-refractivity contribution is -0.184. The van der Waals surface area contributed by atoms with Crippen LogP contribution in [0.25, 0.3) is 0 Å². The van der Waals surface area contributed by atoms with Gasteiger partial charge in [0, 0.05) is 6.61 Å². The van der Waals surface area contributed by atoms with E-state index in [9.17, 15) is 18.0 Å². The number of anilines is 1. The van der Waals surface area contributed by atoms with Gasteiger partial charge in [0.05, 0.1) is 17.3 Å². The Hall–Kier alpha value is -1.51. The second-order valence-corrected chi connectivity index (χ2v) is 5.13. The highest BCUT2D eigenvalue weighted by Crippen LogP contribution is 2.33. The van der Waals surface area contributed by atoms with Crippen molar-refractivity contribution in [1.82, 2.24) is 0 Å². The fourth-order valence-electron chi connectivity index (χ4n) is 1.63. The van der Waals surface area contributed by atoms with Gasteiger partial charge in [0.2, 0.25) is 0 Å². The van der Waals surface area contributed by atoms with Gasteiger partial charge in [-0.15, -0.1) is 0 Å². The zero-order valence-corrected chi connectivity index (χ0v) is 14.0.